The topological polar surface area (TPSA) is 67.6 Å². The summed E-state index contributed by atoms with van der Waals surface area (Å²) in [5.41, 5.74) is 2.60. The van der Waals surface area contributed by atoms with Gasteiger partial charge in [-0.25, -0.2) is 4.98 Å². The molecule has 1 aromatic heterocycles. The first-order valence-corrected chi connectivity index (χ1v) is 12.3. The molecule has 1 amide bonds. The SMILES string of the molecule is CC(C)CNC(=O)c1coc(CN(Cc2cccc(Oc3ccccc3)c2)[C@H](C)c2ccccc2)n1. The van der Waals surface area contributed by atoms with Crippen molar-refractivity contribution in [1.29, 1.82) is 0 Å². The quantitative estimate of drug-likeness (QED) is 0.260. The number of amides is 1. The second-order valence-corrected chi connectivity index (χ2v) is 9.28. The minimum absolute atomic E-state index is 0.0926. The third-order valence-corrected chi connectivity index (χ3v) is 5.89. The van der Waals surface area contributed by atoms with Gasteiger partial charge in [-0.3, -0.25) is 9.69 Å². The summed E-state index contributed by atoms with van der Waals surface area (Å²) in [6.45, 7) is 7.98. The van der Waals surface area contributed by atoms with Crippen molar-refractivity contribution in [3.05, 3.63) is 114 Å². The number of nitrogens with one attached hydrogen (secondary N) is 1. The fraction of sp³-hybridized carbons (Fsp3) is 0.267. The number of hydrogen-bond donors (Lipinski definition) is 1. The number of carbonyl (C=O) groups is 1. The van der Waals surface area contributed by atoms with Gasteiger partial charge in [0.05, 0.1) is 6.54 Å². The monoisotopic (exact) mass is 483 g/mol. The normalized spacial score (nSPS) is 12.0. The lowest BCUT2D eigenvalue weighted by atomic mass is 10.1. The number of carbonyl (C=O) groups excluding carboxylic acids is 1. The molecule has 0 radical (unpaired) electrons. The van der Waals surface area contributed by atoms with Crippen molar-refractivity contribution in [2.75, 3.05) is 6.54 Å². The minimum Gasteiger partial charge on any atom is -0.457 e. The zero-order valence-corrected chi connectivity index (χ0v) is 21.1. The predicted octanol–water partition coefficient (Wildman–Crippen LogP) is 6.62. The van der Waals surface area contributed by atoms with Gasteiger partial charge in [0.2, 0.25) is 5.89 Å². The Morgan fingerprint density at radius 3 is 2.33 bits per heavy atom. The molecule has 0 saturated heterocycles. The van der Waals surface area contributed by atoms with E-state index in [0.29, 0.717) is 37.1 Å². The number of rotatable bonds is 11. The number of hydrogen-bond acceptors (Lipinski definition) is 5. The maximum absolute atomic E-state index is 12.4. The van der Waals surface area contributed by atoms with Crippen molar-refractivity contribution in [3.63, 3.8) is 0 Å². The summed E-state index contributed by atoms with van der Waals surface area (Å²) in [5.74, 6) is 2.24. The van der Waals surface area contributed by atoms with Crippen molar-refractivity contribution in [3.8, 4) is 11.5 Å². The fourth-order valence-corrected chi connectivity index (χ4v) is 3.89. The minimum atomic E-state index is -0.216. The van der Waals surface area contributed by atoms with Gasteiger partial charge in [0, 0.05) is 19.1 Å². The Morgan fingerprint density at radius 1 is 0.917 bits per heavy atom. The smallest absolute Gasteiger partial charge is 0.273 e. The number of ether oxygens (including phenoxy) is 1. The van der Waals surface area contributed by atoms with Crippen molar-refractivity contribution in [2.24, 2.45) is 5.92 Å². The maximum atomic E-state index is 12.4. The van der Waals surface area contributed by atoms with Gasteiger partial charge in [-0.05, 0) is 48.2 Å². The van der Waals surface area contributed by atoms with Crippen molar-refractivity contribution in [1.82, 2.24) is 15.2 Å². The largest absolute Gasteiger partial charge is 0.457 e. The van der Waals surface area contributed by atoms with Crippen LogP contribution >= 0.6 is 0 Å². The van der Waals surface area contributed by atoms with Gasteiger partial charge in [0.1, 0.15) is 17.8 Å². The van der Waals surface area contributed by atoms with Crippen LogP contribution in [0.25, 0.3) is 0 Å². The second-order valence-electron chi connectivity index (χ2n) is 9.28. The van der Waals surface area contributed by atoms with Crippen molar-refractivity contribution >= 4 is 5.91 Å². The van der Waals surface area contributed by atoms with Crippen LogP contribution in [0, 0.1) is 5.92 Å². The zero-order chi connectivity index (χ0) is 25.3. The molecule has 6 nitrogen and oxygen atoms in total. The van der Waals surface area contributed by atoms with E-state index in [4.69, 9.17) is 9.15 Å². The fourth-order valence-electron chi connectivity index (χ4n) is 3.89. The molecule has 6 heteroatoms. The highest BCUT2D eigenvalue weighted by molar-refractivity contribution is 5.91. The molecule has 0 unspecified atom stereocenters. The molecule has 186 valence electrons. The summed E-state index contributed by atoms with van der Waals surface area (Å²) in [6.07, 6.45) is 1.44. The number of para-hydroxylation sites is 1. The van der Waals surface area contributed by atoms with Gasteiger partial charge >= 0.3 is 0 Å². The maximum Gasteiger partial charge on any atom is 0.273 e. The van der Waals surface area contributed by atoms with E-state index < -0.39 is 0 Å². The average molecular weight is 484 g/mol. The van der Waals surface area contributed by atoms with Gasteiger partial charge in [0.15, 0.2) is 5.69 Å². The third kappa shape index (κ3) is 7.06. The standard InChI is InChI=1S/C30H33N3O3/c1-22(2)18-31-30(34)28-21-35-29(32-28)20-33(23(3)25-12-6-4-7-13-25)19-24-11-10-16-27(17-24)36-26-14-8-5-9-15-26/h4-17,21-23H,18-20H2,1-3H3,(H,31,34)/t23-/m1/s1. The molecule has 0 saturated carbocycles. The molecular weight excluding hydrogens is 450 g/mol. The summed E-state index contributed by atoms with van der Waals surface area (Å²) in [4.78, 5) is 19.2. The van der Waals surface area contributed by atoms with Gasteiger partial charge in [0.25, 0.3) is 5.91 Å². The Kier molecular flexibility index (Phi) is 8.53. The summed E-state index contributed by atoms with van der Waals surface area (Å²) >= 11 is 0. The molecule has 0 aliphatic heterocycles. The van der Waals surface area contributed by atoms with Crippen LogP contribution in [0.2, 0.25) is 0 Å². The van der Waals surface area contributed by atoms with E-state index >= 15 is 0 Å². The first-order chi connectivity index (χ1) is 17.5. The van der Waals surface area contributed by atoms with E-state index in [-0.39, 0.29) is 11.9 Å². The van der Waals surface area contributed by atoms with Crippen LogP contribution in [0.1, 0.15) is 54.3 Å². The number of benzene rings is 3. The summed E-state index contributed by atoms with van der Waals surface area (Å²) in [7, 11) is 0. The molecule has 4 rings (SSSR count). The zero-order valence-electron chi connectivity index (χ0n) is 21.1. The molecule has 0 aliphatic carbocycles. The van der Waals surface area contributed by atoms with E-state index in [1.54, 1.807) is 0 Å². The van der Waals surface area contributed by atoms with Crippen LogP contribution in [0.5, 0.6) is 11.5 Å². The van der Waals surface area contributed by atoms with Crippen molar-refractivity contribution in [2.45, 2.75) is 39.9 Å². The molecule has 0 spiro atoms. The van der Waals surface area contributed by atoms with E-state index in [0.717, 1.165) is 17.1 Å². The van der Waals surface area contributed by atoms with Gasteiger partial charge < -0.3 is 14.5 Å². The van der Waals surface area contributed by atoms with Crippen molar-refractivity contribution < 1.29 is 13.9 Å². The Morgan fingerprint density at radius 2 is 1.61 bits per heavy atom. The number of aromatic nitrogens is 1. The lowest BCUT2D eigenvalue weighted by Crippen LogP contribution is -2.28. The first-order valence-electron chi connectivity index (χ1n) is 12.3. The van der Waals surface area contributed by atoms with Gasteiger partial charge in [-0.2, -0.15) is 0 Å². The Labute approximate surface area is 212 Å². The lowest BCUT2D eigenvalue weighted by molar-refractivity contribution is 0.0944. The molecule has 4 aromatic rings. The second kappa shape index (κ2) is 12.2. The molecule has 0 aliphatic rings. The molecular formula is C30H33N3O3. The van der Waals surface area contributed by atoms with Crippen LogP contribution in [0.3, 0.4) is 0 Å². The van der Waals surface area contributed by atoms with E-state index in [1.807, 2.05) is 60.7 Å². The number of oxazole rings is 1. The first kappa shape index (κ1) is 25.2. The number of nitrogens with zero attached hydrogens (tertiary/aromatic N) is 2. The Bertz CT molecular complexity index is 1240. The van der Waals surface area contributed by atoms with Crippen LogP contribution in [-0.2, 0) is 13.1 Å². The van der Waals surface area contributed by atoms with Gasteiger partial charge in [-0.15, -0.1) is 0 Å². The van der Waals surface area contributed by atoms with Crippen LogP contribution < -0.4 is 10.1 Å². The highest BCUT2D eigenvalue weighted by atomic mass is 16.5. The highest BCUT2D eigenvalue weighted by Crippen LogP contribution is 2.27. The van der Waals surface area contributed by atoms with E-state index in [9.17, 15) is 4.79 Å². The third-order valence-electron chi connectivity index (χ3n) is 5.89. The Balaban J connectivity index is 1.52. The van der Waals surface area contributed by atoms with E-state index in [1.165, 1.54) is 11.8 Å². The van der Waals surface area contributed by atoms with Gasteiger partial charge in [-0.1, -0.05) is 74.5 Å². The highest BCUT2D eigenvalue weighted by Gasteiger charge is 2.21. The molecule has 1 atom stereocenters. The van der Waals surface area contributed by atoms with Crippen LogP contribution in [-0.4, -0.2) is 22.3 Å². The predicted molar refractivity (Wildman–Crippen MR) is 141 cm³/mol. The van der Waals surface area contributed by atoms with Crippen LogP contribution in [0.15, 0.2) is 95.6 Å². The molecule has 36 heavy (non-hydrogen) atoms. The average Bonchev–Trinajstić information content (AvgIpc) is 3.36. The summed E-state index contributed by atoms with van der Waals surface area (Å²) < 4.78 is 11.8. The molecule has 0 fully saturated rings. The summed E-state index contributed by atoms with van der Waals surface area (Å²) in [5, 5.41) is 2.89. The molecule has 1 heterocycles. The molecule has 0 bridgehead atoms. The Hall–Kier alpha value is -3.90. The molecule has 3 aromatic carbocycles. The van der Waals surface area contributed by atoms with Crippen LogP contribution in [0.4, 0.5) is 0 Å². The summed E-state index contributed by atoms with van der Waals surface area (Å²) in [6, 6.07) is 28.3. The lowest BCUT2D eigenvalue weighted by Gasteiger charge is -2.28. The molecule has 1 N–H and O–H groups in total. The van der Waals surface area contributed by atoms with E-state index in [2.05, 4.69) is 60.2 Å².